The van der Waals surface area contributed by atoms with Crippen molar-refractivity contribution in [1.29, 1.82) is 0 Å². The Morgan fingerprint density at radius 1 is 1.05 bits per heavy atom. The van der Waals surface area contributed by atoms with E-state index in [9.17, 15) is 4.79 Å². The number of hydrogen-bond donors (Lipinski definition) is 2. The van der Waals surface area contributed by atoms with Crippen molar-refractivity contribution < 1.29 is 9.53 Å². The molecule has 0 atom stereocenters. The van der Waals surface area contributed by atoms with Crippen LogP contribution in [0.1, 0.15) is 5.56 Å². The molecule has 0 radical (unpaired) electrons. The predicted octanol–water partition coefficient (Wildman–Crippen LogP) is 2.42. The maximum absolute atomic E-state index is 11.8. The maximum atomic E-state index is 11.8. The van der Waals surface area contributed by atoms with Crippen LogP contribution in [0, 0.1) is 0 Å². The molecular weight excluding hydrogens is 252 g/mol. The fraction of sp³-hybridized carbons (Fsp3) is 0.188. The standard InChI is InChI=1S/C16H18N2O2/c1-20-15-10-6-5-9-14(15)18-16(19)12-17-11-13-7-3-2-4-8-13/h2-10,17H,11-12H2,1H3,(H,18,19). The van der Waals surface area contributed by atoms with Crippen LogP contribution >= 0.6 is 0 Å². The first-order valence-corrected chi connectivity index (χ1v) is 6.47. The van der Waals surface area contributed by atoms with E-state index in [-0.39, 0.29) is 12.5 Å². The molecule has 104 valence electrons. The fourth-order valence-electron chi connectivity index (χ4n) is 1.86. The minimum atomic E-state index is -0.0922. The number of ether oxygens (including phenoxy) is 1. The first kappa shape index (κ1) is 14.1. The molecule has 4 heteroatoms. The Bertz CT molecular complexity index is 555. The summed E-state index contributed by atoms with van der Waals surface area (Å²) in [5, 5.41) is 5.93. The third-order valence-corrected chi connectivity index (χ3v) is 2.84. The Morgan fingerprint density at radius 2 is 1.75 bits per heavy atom. The Morgan fingerprint density at radius 3 is 2.50 bits per heavy atom. The summed E-state index contributed by atoms with van der Waals surface area (Å²) in [5.41, 5.74) is 1.83. The van der Waals surface area contributed by atoms with Crippen molar-refractivity contribution in [3.05, 3.63) is 60.2 Å². The van der Waals surface area contributed by atoms with Gasteiger partial charge < -0.3 is 15.4 Å². The van der Waals surface area contributed by atoms with E-state index < -0.39 is 0 Å². The average Bonchev–Trinajstić information content (AvgIpc) is 2.49. The summed E-state index contributed by atoms with van der Waals surface area (Å²) < 4.78 is 5.18. The molecule has 2 aromatic carbocycles. The molecule has 0 aliphatic carbocycles. The SMILES string of the molecule is COc1ccccc1NC(=O)CNCc1ccccc1. The first-order chi connectivity index (χ1) is 9.79. The van der Waals surface area contributed by atoms with Crippen LogP contribution in [-0.4, -0.2) is 19.6 Å². The summed E-state index contributed by atoms with van der Waals surface area (Å²) >= 11 is 0. The quantitative estimate of drug-likeness (QED) is 0.847. The molecular formula is C16H18N2O2. The Hall–Kier alpha value is -2.33. The van der Waals surface area contributed by atoms with E-state index in [4.69, 9.17) is 4.74 Å². The van der Waals surface area contributed by atoms with Crippen LogP contribution in [0.2, 0.25) is 0 Å². The third-order valence-electron chi connectivity index (χ3n) is 2.84. The van der Waals surface area contributed by atoms with Crippen molar-refractivity contribution >= 4 is 11.6 Å². The molecule has 0 saturated carbocycles. The molecule has 0 aliphatic rings. The molecule has 0 aliphatic heterocycles. The lowest BCUT2D eigenvalue weighted by Gasteiger charge is -2.10. The second-order valence-electron chi connectivity index (χ2n) is 4.34. The minimum absolute atomic E-state index is 0.0922. The number of rotatable bonds is 6. The van der Waals surface area contributed by atoms with Crippen LogP contribution in [0.4, 0.5) is 5.69 Å². The topological polar surface area (TPSA) is 50.4 Å². The molecule has 0 saturated heterocycles. The second-order valence-corrected chi connectivity index (χ2v) is 4.34. The van der Waals surface area contributed by atoms with Gasteiger partial charge in [0.05, 0.1) is 19.3 Å². The van der Waals surface area contributed by atoms with Crippen molar-refractivity contribution in [3.63, 3.8) is 0 Å². The van der Waals surface area contributed by atoms with E-state index in [2.05, 4.69) is 10.6 Å². The Balaban J connectivity index is 1.81. The van der Waals surface area contributed by atoms with Gasteiger partial charge in [-0.1, -0.05) is 42.5 Å². The van der Waals surface area contributed by atoms with Gasteiger partial charge in [-0.3, -0.25) is 4.79 Å². The lowest BCUT2D eigenvalue weighted by molar-refractivity contribution is -0.115. The Labute approximate surface area is 118 Å². The van der Waals surface area contributed by atoms with Crippen LogP contribution in [-0.2, 0) is 11.3 Å². The lowest BCUT2D eigenvalue weighted by Crippen LogP contribution is -2.27. The molecule has 0 bridgehead atoms. The zero-order valence-electron chi connectivity index (χ0n) is 11.4. The monoisotopic (exact) mass is 270 g/mol. The zero-order valence-corrected chi connectivity index (χ0v) is 11.4. The summed E-state index contributed by atoms with van der Waals surface area (Å²) in [5.74, 6) is 0.564. The van der Waals surface area contributed by atoms with Gasteiger partial charge in [-0.05, 0) is 17.7 Å². The number of amides is 1. The van der Waals surface area contributed by atoms with E-state index in [1.54, 1.807) is 7.11 Å². The Kier molecular flexibility index (Phi) is 5.15. The third kappa shape index (κ3) is 4.10. The van der Waals surface area contributed by atoms with Gasteiger partial charge in [0, 0.05) is 6.54 Å². The second kappa shape index (κ2) is 7.31. The molecule has 0 unspecified atom stereocenters. The highest BCUT2D eigenvalue weighted by Gasteiger charge is 2.06. The van der Waals surface area contributed by atoms with Gasteiger partial charge in [0.25, 0.3) is 0 Å². The number of methoxy groups -OCH3 is 1. The summed E-state index contributed by atoms with van der Waals surface area (Å²) in [6.07, 6.45) is 0. The number of hydrogen-bond acceptors (Lipinski definition) is 3. The molecule has 2 N–H and O–H groups in total. The van der Waals surface area contributed by atoms with Crippen LogP contribution < -0.4 is 15.4 Å². The molecule has 2 rings (SSSR count). The maximum Gasteiger partial charge on any atom is 0.238 e. The number of benzene rings is 2. The number of anilines is 1. The molecule has 0 aromatic heterocycles. The van der Waals surface area contributed by atoms with Crippen LogP contribution in [0.5, 0.6) is 5.75 Å². The highest BCUT2D eigenvalue weighted by atomic mass is 16.5. The lowest BCUT2D eigenvalue weighted by atomic mass is 10.2. The molecule has 20 heavy (non-hydrogen) atoms. The molecule has 0 heterocycles. The summed E-state index contributed by atoms with van der Waals surface area (Å²) in [6.45, 7) is 0.924. The van der Waals surface area contributed by atoms with Gasteiger partial charge in [0.2, 0.25) is 5.91 Å². The highest BCUT2D eigenvalue weighted by Crippen LogP contribution is 2.22. The van der Waals surface area contributed by atoms with Crippen LogP contribution in [0.3, 0.4) is 0 Å². The highest BCUT2D eigenvalue weighted by molar-refractivity contribution is 5.93. The number of carbonyl (C=O) groups excluding carboxylic acids is 1. The molecule has 4 nitrogen and oxygen atoms in total. The van der Waals surface area contributed by atoms with Gasteiger partial charge in [0.1, 0.15) is 5.75 Å². The van der Waals surface area contributed by atoms with Gasteiger partial charge in [-0.2, -0.15) is 0 Å². The molecule has 2 aromatic rings. The molecule has 0 spiro atoms. The fourth-order valence-corrected chi connectivity index (χ4v) is 1.86. The van der Waals surface area contributed by atoms with E-state index in [0.29, 0.717) is 18.0 Å². The molecule has 1 amide bonds. The molecule has 0 fully saturated rings. The van der Waals surface area contributed by atoms with Crippen LogP contribution in [0.25, 0.3) is 0 Å². The van der Waals surface area contributed by atoms with Crippen molar-refractivity contribution in [3.8, 4) is 5.75 Å². The number of nitrogens with one attached hydrogen (secondary N) is 2. The smallest absolute Gasteiger partial charge is 0.238 e. The summed E-state index contributed by atoms with van der Waals surface area (Å²) in [7, 11) is 1.58. The van der Waals surface area contributed by atoms with Gasteiger partial charge >= 0.3 is 0 Å². The van der Waals surface area contributed by atoms with E-state index in [1.807, 2.05) is 54.6 Å². The minimum Gasteiger partial charge on any atom is -0.495 e. The van der Waals surface area contributed by atoms with E-state index in [0.717, 1.165) is 5.56 Å². The number of carbonyl (C=O) groups is 1. The van der Waals surface area contributed by atoms with Crippen LogP contribution in [0.15, 0.2) is 54.6 Å². The normalized spacial score (nSPS) is 10.1. The van der Waals surface area contributed by atoms with Gasteiger partial charge in [-0.25, -0.2) is 0 Å². The van der Waals surface area contributed by atoms with Crippen molar-refractivity contribution in [2.24, 2.45) is 0 Å². The summed E-state index contributed by atoms with van der Waals surface area (Å²) in [6, 6.07) is 17.3. The van der Waals surface area contributed by atoms with Crippen molar-refractivity contribution in [2.45, 2.75) is 6.54 Å². The average molecular weight is 270 g/mol. The number of para-hydroxylation sites is 2. The predicted molar refractivity (Wildman–Crippen MR) is 79.8 cm³/mol. The van der Waals surface area contributed by atoms with Crippen molar-refractivity contribution in [2.75, 3.05) is 19.0 Å². The van der Waals surface area contributed by atoms with Gasteiger partial charge in [0.15, 0.2) is 0 Å². The summed E-state index contributed by atoms with van der Waals surface area (Å²) in [4.78, 5) is 11.8. The van der Waals surface area contributed by atoms with Crippen molar-refractivity contribution in [1.82, 2.24) is 5.32 Å². The zero-order chi connectivity index (χ0) is 14.2. The van der Waals surface area contributed by atoms with E-state index in [1.165, 1.54) is 0 Å². The largest absolute Gasteiger partial charge is 0.495 e. The van der Waals surface area contributed by atoms with Gasteiger partial charge in [-0.15, -0.1) is 0 Å². The van der Waals surface area contributed by atoms with E-state index >= 15 is 0 Å². The first-order valence-electron chi connectivity index (χ1n) is 6.47.